The topological polar surface area (TPSA) is 61.4 Å². The third kappa shape index (κ3) is 4.37. The van der Waals surface area contributed by atoms with E-state index in [4.69, 9.17) is 0 Å². The largest absolute Gasteiger partial charge is 0.353 e. The standard InChI is InChI=1S/C19H26FN3O2/c1-13-11-21-9-8-17(13)22-18(24)15-3-2-10-23(12-15)19(25)14-4-6-16(20)7-5-14/h4-7,13,15,17,21H,2-3,8-12H2,1H3,(H,22,24). The van der Waals surface area contributed by atoms with Crippen LogP contribution in [0.1, 0.15) is 36.5 Å². The minimum Gasteiger partial charge on any atom is -0.353 e. The van der Waals surface area contributed by atoms with Gasteiger partial charge in [0, 0.05) is 24.7 Å². The number of nitrogens with one attached hydrogen (secondary N) is 2. The zero-order valence-electron chi connectivity index (χ0n) is 14.6. The number of nitrogens with zero attached hydrogens (tertiary/aromatic N) is 1. The van der Waals surface area contributed by atoms with Gasteiger partial charge in [0.15, 0.2) is 0 Å². The van der Waals surface area contributed by atoms with Gasteiger partial charge in [-0.1, -0.05) is 6.92 Å². The van der Waals surface area contributed by atoms with E-state index in [1.807, 2.05) is 0 Å². The van der Waals surface area contributed by atoms with Crippen LogP contribution in [0, 0.1) is 17.7 Å². The molecule has 0 aromatic heterocycles. The third-order valence-electron chi connectivity index (χ3n) is 5.28. The van der Waals surface area contributed by atoms with Gasteiger partial charge in [0.2, 0.25) is 5.91 Å². The smallest absolute Gasteiger partial charge is 0.253 e. The Kier molecular flexibility index (Phi) is 5.68. The summed E-state index contributed by atoms with van der Waals surface area (Å²) in [6, 6.07) is 5.78. The van der Waals surface area contributed by atoms with E-state index < -0.39 is 0 Å². The molecule has 2 aliphatic heterocycles. The highest BCUT2D eigenvalue weighted by Crippen LogP contribution is 2.20. The van der Waals surface area contributed by atoms with Crippen molar-refractivity contribution in [2.75, 3.05) is 26.2 Å². The van der Waals surface area contributed by atoms with Gasteiger partial charge in [-0.3, -0.25) is 9.59 Å². The molecule has 136 valence electrons. The molecule has 2 heterocycles. The van der Waals surface area contributed by atoms with Gasteiger partial charge in [0.25, 0.3) is 5.91 Å². The molecule has 0 radical (unpaired) electrons. The number of carbonyl (C=O) groups is 2. The maximum Gasteiger partial charge on any atom is 0.253 e. The Labute approximate surface area is 148 Å². The summed E-state index contributed by atoms with van der Waals surface area (Å²) in [6.45, 7) is 5.06. The maximum absolute atomic E-state index is 13.0. The predicted octanol–water partition coefficient (Wildman–Crippen LogP) is 1.79. The number of likely N-dealkylation sites (tertiary alicyclic amines) is 1. The highest BCUT2D eigenvalue weighted by molar-refractivity contribution is 5.94. The molecule has 2 amide bonds. The van der Waals surface area contributed by atoms with Crippen molar-refractivity contribution in [3.63, 3.8) is 0 Å². The number of rotatable bonds is 3. The fourth-order valence-corrected chi connectivity index (χ4v) is 3.68. The first-order chi connectivity index (χ1) is 12.0. The molecule has 1 aromatic carbocycles. The number of halogens is 1. The zero-order valence-corrected chi connectivity index (χ0v) is 14.6. The molecule has 2 saturated heterocycles. The van der Waals surface area contributed by atoms with Crippen LogP contribution in [0.3, 0.4) is 0 Å². The molecule has 2 aliphatic rings. The van der Waals surface area contributed by atoms with Crippen LogP contribution in [0.2, 0.25) is 0 Å². The summed E-state index contributed by atoms with van der Waals surface area (Å²) in [5, 5.41) is 6.51. The number of benzene rings is 1. The molecule has 3 rings (SSSR count). The molecule has 3 atom stereocenters. The first-order valence-corrected chi connectivity index (χ1v) is 9.10. The van der Waals surface area contributed by atoms with Crippen molar-refractivity contribution in [3.05, 3.63) is 35.6 Å². The van der Waals surface area contributed by atoms with Gasteiger partial charge in [0.05, 0.1) is 5.92 Å². The maximum atomic E-state index is 13.0. The van der Waals surface area contributed by atoms with Crippen LogP contribution in [0.4, 0.5) is 4.39 Å². The van der Waals surface area contributed by atoms with Crippen molar-refractivity contribution in [2.24, 2.45) is 11.8 Å². The SMILES string of the molecule is CC1CNCCC1NC(=O)C1CCCN(C(=O)c2ccc(F)cc2)C1. The van der Waals surface area contributed by atoms with Crippen LogP contribution < -0.4 is 10.6 Å². The Hall–Kier alpha value is -1.95. The van der Waals surface area contributed by atoms with Gasteiger partial charge in [0.1, 0.15) is 5.82 Å². The first-order valence-electron chi connectivity index (χ1n) is 9.10. The fraction of sp³-hybridized carbons (Fsp3) is 0.579. The van der Waals surface area contributed by atoms with Gasteiger partial charge in [-0.15, -0.1) is 0 Å². The van der Waals surface area contributed by atoms with E-state index in [0.717, 1.165) is 32.4 Å². The normalized spacial score (nSPS) is 27.0. The molecule has 25 heavy (non-hydrogen) atoms. The third-order valence-corrected chi connectivity index (χ3v) is 5.28. The lowest BCUT2D eigenvalue weighted by molar-refractivity contribution is -0.127. The molecule has 0 saturated carbocycles. The van der Waals surface area contributed by atoms with Crippen molar-refractivity contribution in [3.8, 4) is 0 Å². The van der Waals surface area contributed by atoms with Gasteiger partial charge >= 0.3 is 0 Å². The number of hydrogen-bond donors (Lipinski definition) is 2. The van der Waals surface area contributed by atoms with Crippen LogP contribution in [0.5, 0.6) is 0 Å². The van der Waals surface area contributed by atoms with Crippen molar-refractivity contribution in [1.82, 2.24) is 15.5 Å². The summed E-state index contributed by atoms with van der Waals surface area (Å²) in [5.41, 5.74) is 0.467. The van der Waals surface area contributed by atoms with Gasteiger partial charge < -0.3 is 15.5 Å². The predicted molar refractivity (Wildman–Crippen MR) is 93.6 cm³/mol. The number of piperidine rings is 2. The molecule has 6 heteroatoms. The molecular formula is C19H26FN3O2. The second-order valence-corrected chi connectivity index (χ2v) is 7.18. The minimum absolute atomic E-state index is 0.0513. The average molecular weight is 347 g/mol. The van der Waals surface area contributed by atoms with Gasteiger partial charge in [-0.05, 0) is 62.5 Å². The number of amides is 2. The average Bonchev–Trinajstić information content (AvgIpc) is 2.64. The monoisotopic (exact) mass is 347 g/mol. The summed E-state index contributed by atoms with van der Waals surface area (Å²) in [4.78, 5) is 26.9. The molecule has 2 fully saturated rings. The van der Waals surface area contributed by atoms with E-state index in [9.17, 15) is 14.0 Å². The Bertz CT molecular complexity index is 620. The second-order valence-electron chi connectivity index (χ2n) is 7.18. The van der Waals surface area contributed by atoms with Crippen molar-refractivity contribution in [1.29, 1.82) is 0 Å². The summed E-state index contributed by atoms with van der Waals surface area (Å²) >= 11 is 0. The summed E-state index contributed by atoms with van der Waals surface area (Å²) in [5.74, 6) is -0.190. The lowest BCUT2D eigenvalue weighted by Gasteiger charge is -2.35. The molecule has 0 bridgehead atoms. The second kappa shape index (κ2) is 7.95. The molecule has 0 spiro atoms. The van der Waals surface area contributed by atoms with Crippen LogP contribution in [0.15, 0.2) is 24.3 Å². The highest BCUT2D eigenvalue weighted by atomic mass is 19.1. The summed E-state index contributed by atoms with van der Waals surface area (Å²) in [6.07, 6.45) is 2.56. The van der Waals surface area contributed by atoms with Gasteiger partial charge in [-0.25, -0.2) is 4.39 Å². The lowest BCUT2D eigenvalue weighted by atomic mass is 9.92. The van der Waals surface area contributed by atoms with E-state index in [0.29, 0.717) is 24.6 Å². The van der Waals surface area contributed by atoms with Crippen LogP contribution in [0.25, 0.3) is 0 Å². The Morgan fingerprint density at radius 3 is 2.72 bits per heavy atom. The molecule has 3 unspecified atom stereocenters. The molecule has 0 aliphatic carbocycles. The minimum atomic E-state index is -0.358. The number of hydrogen-bond acceptors (Lipinski definition) is 3. The van der Waals surface area contributed by atoms with E-state index >= 15 is 0 Å². The van der Waals surface area contributed by atoms with E-state index in [2.05, 4.69) is 17.6 Å². The summed E-state index contributed by atoms with van der Waals surface area (Å²) in [7, 11) is 0. The quantitative estimate of drug-likeness (QED) is 0.876. The Morgan fingerprint density at radius 2 is 2.00 bits per heavy atom. The zero-order chi connectivity index (χ0) is 17.8. The fourth-order valence-electron chi connectivity index (χ4n) is 3.68. The first kappa shape index (κ1) is 17.9. The van der Waals surface area contributed by atoms with Crippen molar-refractivity contribution >= 4 is 11.8 Å². The van der Waals surface area contributed by atoms with Crippen molar-refractivity contribution in [2.45, 2.75) is 32.2 Å². The van der Waals surface area contributed by atoms with E-state index in [-0.39, 0.29) is 29.6 Å². The molecule has 2 N–H and O–H groups in total. The van der Waals surface area contributed by atoms with Crippen LogP contribution in [-0.2, 0) is 4.79 Å². The van der Waals surface area contributed by atoms with Gasteiger partial charge in [-0.2, -0.15) is 0 Å². The molecule has 5 nitrogen and oxygen atoms in total. The number of carbonyl (C=O) groups excluding carboxylic acids is 2. The highest BCUT2D eigenvalue weighted by Gasteiger charge is 2.31. The Morgan fingerprint density at radius 1 is 1.24 bits per heavy atom. The van der Waals surface area contributed by atoms with Crippen molar-refractivity contribution < 1.29 is 14.0 Å². The van der Waals surface area contributed by atoms with E-state index in [1.165, 1.54) is 24.3 Å². The Balaban J connectivity index is 1.59. The molecule has 1 aromatic rings. The van der Waals surface area contributed by atoms with Crippen LogP contribution >= 0.6 is 0 Å². The molecular weight excluding hydrogens is 321 g/mol. The van der Waals surface area contributed by atoms with Crippen LogP contribution in [-0.4, -0.2) is 48.9 Å². The summed E-state index contributed by atoms with van der Waals surface area (Å²) < 4.78 is 13.0. The lowest BCUT2D eigenvalue weighted by Crippen LogP contribution is -2.52. The van der Waals surface area contributed by atoms with E-state index in [1.54, 1.807) is 4.90 Å².